The van der Waals surface area contributed by atoms with Crippen molar-refractivity contribution in [3.63, 3.8) is 0 Å². The number of aryl methyl sites for hydroxylation is 1. The lowest BCUT2D eigenvalue weighted by Gasteiger charge is -2.12. The summed E-state index contributed by atoms with van der Waals surface area (Å²) in [6.07, 6.45) is 5.01. The molecule has 3 aromatic rings. The third kappa shape index (κ3) is 2.26. The number of carbonyl (C=O) groups excluding carboxylic acids is 1. The summed E-state index contributed by atoms with van der Waals surface area (Å²) in [5.74, 6) is -0.703. The van der Waals surface area contributed by atoms with Crippen LogP contribution in [0.4, 0.5) is 0 Å². The Bertz CT molecular complexity index is 914. The zero-order valence-electron chi connectivity index (χ0n) is 12.1. The van der Waals surface area contributed by atoms with Gasteiger partial charge in [0.2, 0.25) is 5.43 Å². The lowest BCUT2D eigenvalue weighted by atomic mass is 10.0. The summed E-state index contributed by atoms with van der Waals surface area (Å²) in [5.41, 5.74) is 7.69. The van der Waals surface area contributed by atoms with Crippen molar-refractivity contribution in [2.24, 2.45) is 5.73 Å². The summed E-state index contributed by atoms with van der Waals surface area (Å²) in [7, 11) is 0. The number of benzene rings is 1. The van der Waals surface area contributed by atoms with Gasteiger partial charge in [-0.2, -0.15) is 0 Å². The third-order valence-electron chi connectivity index (χ3n) is 3.68. The monoisotopic (exact) mass is 293 g/mol. The van der Waals surface area contributed by atoms with Gasteiger partial charge in [0.15, 0.2) is 0 Å². The maximum atomic E-state index is 12.4. The number of pyridine rings is 2. The van der Waals surface area contributed by atoms with Gasteiger partial charge in [-0.05, 0) is 30.7 Å². The molecule has 5 heteroatoms. The highest BCUT2D eigenvalue weighted by atomic mass is 16.2. The Morgan fingerprint density at radius 1 is 1.27 bits per heavy atom. The molecule has 0 aliphatic carbocycles. The highest BCUT2D eigenvalue weighted by molar-refractivity contribution is 5.96. The summed E-state index contributed by atoms with van der Waals surface area (Å²) in [5, 5.41) is 0.491. The van der Waals surface area contributed by atoms with Gasteiger partial charge in [-0.1, -0.05) is 12.1 Å². The maximum absolute atomic E-state index is 12.4. The zero-order chi connectivity index (χ0) is 15.7. The first-order chi connectivity index (χ1) is 10.6. The Morgan fingerprint density at radius 2 is 2.09 bits per heavy atom. The van der Waals surface area contributed by atoms with E-state index in [2.05, 4.69) is 4.98 Å². The van der Waals surface area contributed by atoms with E-state index in [0.29, 0.717) is 11.9 Å². The Balaban J connectivity index is 2.31. The first kappa shape index (κ1) is 14.0. The molecular weight excluding hydrogens is 278 g/mol. The van der Waals surface area contributed by atoms with Crippen molar-refractivity contribution in [3.05, 3.63) is 64.7 Å². The van der Waals surface area contributed by atoms with Crippen molar-refractivity contribution in [2.75, 3.05) is 0 Å². The largest absolute Gasteiger partial charge is 0.365 e. The SMILES string of the molecule is CCn1cc(C(N)=O)c(=O)c2ccc(-c3cccnc3)cc21. The van der Waals surface area contributed by atoms with Gasteiger partial charge in [0.25, 0.3) is 5.91 Å². The van der Waals surface area contributed by atoms with E-state index < -0.39 is 5.91 Å². The summed E-state index contributed by atoms with van der Waals surface area (Å²) < 4.78 is 1.86. The average Bonchev–Trinajstić information content (AvgIpc) is 2.55. The van der Waals surface area contributed by atoms with Gasteiger partial charge in [0, 0.05) is 36.1 Å². The molecule has 3 rings (SSSR count). The van der Waals surface area contributed by atoms with Gasteiger partial charge in [-0.15, -0.1) is 0 Å². The van der Waals surface area contributed by atoms with Crippen molar-refractivity contribution < 1.29 is 4.79 Å². The maximum Gasteiger partial charge on any atom is 0.254 e. The number of amides is 1. The van der Waals surface area contributed by atoms with Crippen LogP contribution in [-0.4, -0.2) is 15.5 Å². The van der Waals surface area contributed by atoms with Crippen LogP contribution in [0.25, 0.3) is 22.0 Å². The molecule has 2 aromatic heterocycles. The van der Waals surface area contributed by atoms with Gasteiger partial charge in [-0.25, -0.2) is 0 Å². The number of primary amides is 1. The van der Waals surface area contributed by atoms with Crippen molar-refractivity contribution >= 4 is 16.8 Å². The van der Waals surface area contributed by atoms with Crippen LogP contribution in [-0.2, 0) is 6.54 Å². The molecule has 5 nitrogen and oxygen atoms in total. The number of carbonyl (C=O) groups is 1. The number of rotatable bonds is 3. The van der Waals surface area contributed by atoms with E-state index in [0.717, 1.165) is 16.6 Å². The van der Waals surface area contributed by atoms with Crippen LogP contribution in [0.15, 0.2) is 53.7 Å². The quantitative estimate of drug-likeness (QED) is 0.804. The van der Waals surface area contributed by atoms with Crippen LogP contribution < -0.4 is 11.2 Å². The smallest absolute Gasteiger partial charge is 0.254 e. The molecule has 0 radical (unpaired) electrons. The number of hydrogen-bond donors (Lipinski definition) is 1. The molecule has 2 heterocycles. The molecule has 1 amide bonds. The van der Waals surface area contributed by atoms with E-state index in [1.54, 1.807) is 18.5 Å². The Labute approximate surface area is 127 Å². The second kappa shape index (κ2) is 5.44. The minimum absolute atomic E-state index is 0.0171. The normalized spacial score (nSPS) is 10.8. The van der Waals surface area contributed by atoms with Crippen LogP contribution in [0, 0.1) is 0 Å². The minimum Gasteiger partial charge on any atom is -0.365 e. The fraction of sp³-hybridized carbons (Fsp3) is 0.118. The Morgan fingerprint density at radius 3 is 2.73 bits per heavy atom. The summed E-state index contributed by atoms with van der Waals surface area (Å²) in [6.45, 7) is 2.58. The lowest BCUT2D eigenvalue weighted by molar-refractivity contribution is 0.0999. The Kier molecular flexibility index (Phi) is 3.47. The van der Waals surface area contributed by atoms with Crippen LogP contribution in [0.3, 0.4) is 0 Å². The minimum atomic E-state index is -0.703. The van der Waals surface area contributed by atoms with E-state index in [1.807, 2.05) is 35.8 Å². The molecule has 2 N–H and O–H groups in total. The molecular formula is C17H15N3O2. The summed E-state index contributed by atoms with van der Waals surface area (Å²) in [4.78, 5) is 27.9. The average molecular weight is 293 g/mol. The van der Waals surface area contributed by atoms with E-state index in [1.165, 1.54) is 6.20 Å². The molecule has 0 unspecified atom stereocenters. The third-order valence-corrected chi connectivity index (χ3v) is 3.68. The highest BCUT2D eigenvalue weighted by Crippen LogP contribution is 2.22. The molecule has 22 heavy (non-hydrogen) atoms. The number of nitrogens with zero attached hydrogens (tertiary/aromatic N) is 2. The first-order valence-electron chi connectivity index (χ1n) is 6.99. The molecule has 0 bridgehead atoms. The molecule has 0 atom stereocenters. The fourth-order valence-electron chi connectivity index (χ4n) is 2.54. The second-order valence-electron chi connectivity index (χ2n) is 5.00. The highest BCUT2D eigenvalue weighted by Gasteiger charge is 2.13. The fourth-order valence-corrected chi connectivity index (χ4v) is 2.54. The van der Waals surface area contributed by atoms with Gasteiger partial charge >= 0.3 is 0 Å². The van der Waals surface area contributed by atoms with Crippen molar-refractivity contribution in [2.45, 2.75) is 13.5 Å². The Hall–Kier alpha value is -2.95. The van der Waals surface area contributed by atoms with Crippen LogP contribution in [0.1, 0.15) is 17.3 Å². The van der Waals surface area contributed by atoms with E-state index in [-0.39, 0.29) is 11.0 Å². The van der Waals surface area contributed by atoms with Crippen LogP contribution in [0.2, 0.25) is 0 Å². The molecule has 0 saturated carbocycles. The van der Waals surface area contributed by atoms with Crippen molar-refractivity contribution in [1.82, 2.24) is 9.55 Å². The number of nitrogens with two attached hydrogens (primary N) is 1. The van der Waals surface area contributed by atoms with Crippen LogP contribution in [0.5, 0.6) is 0 Å². The first-order valence-corrected chi connectivity index (χ1v) is 6.99. The topological polar surface area (TPSA) is 78.0 Å². The summed E-state index contributed by atoms with van der Waals surface area (Å²) in [6, 6.07) is 9.34. The van der Waals surface area contributed by atoms with Gasteiger partial charge in [0.05, 0.1) is 5.52 Å². The van der Waals surface area contributed by atoms with Gasteiger partial charge in [-0.3, -0.25) is 14.6 Å². The second-order valence-corrected chi connectivity index (χ2v) is 5.00. The van der Waals surface area contributed by atoms with Crippen molar-refractivity contribution in [3.8, 4) is 11.1 Å². The molecule has 110 valence electrons. The zero-order valence-corrected chi connectivity index (χ0v) is 12.1. The van der Waals surface area contributed by atoms with E-state index in [9.17, 15) is 9.59 Å². The van der Waals surface area contributed by atoms with E-state index >= 15 is 0 Å². The molecule has 0 spiro atoms. The van der Waals surface area contributed by atoms with E-state index in [4.69, 9.17) is 5.73 Å². The van der Waals surface area contributed by atoms with Gasteiger partial charge in [0.1, 0.15) is 5.56 Å². The number of hydrogen-bond acceptors (Lipinski definition) is 3. The molecule has 0 aliphatic rings. The molecule has 0 fully saturated rings. The number of fused-ring (bicyclic) bond motifs is 1. The van der Waals surface area contributed by atoms with Gasteiger partial charge < -0.3 is 10.3 Å². The predicted molar refractivity (Wildman–Crippen MR) is 85.6 cm³/mol. The standard InChI is InChI=1S/C17H15N3O2/c1-2-20-10-14(17(18)22)16(21)13-6-5-11(8-15(13)20)12-4-3-7-19-9-12/h3-10H,2H2,1H3,(H2,18,22). The summed E-state index contributed by atoms with van der Waals surface area (Å²) >= 11 is 0. The number of aromatic nitrogens is 2. The van der Waals surface area contributed by atoms with Crippen molar-refractivity contribution in [1.29, 1.82) is 0 Å². The molecule has 0 aliphatic heterocycles. The predicted octanol–water partition coefficient (Wildman–Crippen LogP) is 2.18. The molecule has 1 aromatic carbocycles. The molecule has 0 saturated heterocycles. The lowest BCUT2D eigenvalue weighted by Crippen LogP contribution is -2.24. The van der Waals surface area contributed by atoms with Crippen LogP contribution >= 0.6 is 0 Å².